The van der Waals surface area contributed by atoms with Crippen LogP contribution in [-0.4, -0.2) is 76.3 Å². The minimum Gasteiger partial charge on any atom is -0.444 e. The lowest BCUT2D eigenvalue weighted by atomic mass is 9.67. The van der Waals surface area contributed by atoms with Gasteiger partial charge in [0.15, 0.2) is 11.2 Å². The van der Waals surface area contributed by atoms with Crippen LogP contribution in [-0.2, 0) is 28.7 Å². The lowest BCUT2D eigenvalue weighted by molar-refractivity contribution is -0.137. The molecule has 3 aliphatic rings. The van der Waals surface area contributed by atoms with Crippen LogP contribution in [0.5, 0.6) is 0 Å². The number of rotatable bonds is 4. The highest BCUT2D eigenvalue weighted by Gasteiger charge is 2.55. The second-order valence-corrected chi connectivity index (χ2v) is 12.9. The van der Waals surface area contributed by atoms with E-state index in [1.807, 2.05) is 4.90 Å². The van der Waals surface area contributed by atoms with Gasteiger partial charge in [-0.1, -0.05) is 0 Å². The highest BCUT2D eigenvalue weighted by atomic mass is 19.4. The predicted octanol–water partition coefficient (Wildman–Crippen LogP) is 4.02. The highest BCUT2D eigenvalue weighted by Crippen LogP contribution is 2.47. The van der Waals surface area contributed by atoms with Gasteiger partial charge in [-0.2, -0.15) is 13.2 Å². The SMILES string of the molecule is CN(C)c1cnc2c(n1)c(=O)c1c(n2CC(=O)Nc2ccc(C(F)(F)F)cc2F)CC2C[C@H]3[C@H]2N1CCN3C(=O)OC(C)(C)C. The van der Waals surface area contributed by atoms with Crippen LogP contribution in [0.25, 0.3) is 11.2 Å². The van der Waals surface area contributed by atoms with Gasteiger partial charge in [0.25, 0.3) is 0 Å². The summed E-state index contributed by atoms with van der Waals surface area (Å²) in [6.45, 7) is 5.71. The summed E-state index contributed by atoms with van der Waals surface area (Å²) in [6, 6.07) is 1.59. The molecule has 4 heterocycles. The van der Waals surface area contributed by atoms with Crippen LogP contribution in [0.15, 0.2) is 29.2 Å². The third-order valence-corrected chi connectivity index (χ3v) is 8.49. The summed E-state index contributed by atoms with van der Waals surface area (Å²) in [4.78, 5) is 54.8. The highest BCUT2D eigenvalue weighted by molar-refractivity contribution is 5.92. The number of hydrogen-bond acceptors (Lipinski definition) is 8. The van der Waals surface area contributed by atoms with Crippen LogP contribution in [0.2, 0.25) is 0 Å². The largest absolute Gasteiger partial charge is 0.444 e. The zero-order chi connectivity index (χ0) is 32.6. The molecule has 2 fully saturated rings. The number of hydrogen-bond donors (Lipinski definition) is 1. The number of amides is 2. The van der Waals surface area contributed by atoms with E-state index in [0.29, 0.717) is 55.3 Å². The number of benzene rings is 1. The summed E-state index contributed by atoms with van der Waals surface area (Å²) < 4.78 is 60.8. The van der Waals surface area contributed by atoms with Gasteiger partial charge in [0.05, 0.1) is 29.5 Å². The summed E-state index contributed by atoms with van der Waals surface area (Å²) >= 11 is 0. The number of ether oxygens (including phenoxy) is 1. The van der Waals surface area contributed by atoms with Crippen molar-refractivity contribution in [1.29, 1.82) is 0 Å². The molecule has 1 unspecified atom stereocenters. The maximum atomic E-state index is 14.6. The third kappa shape index (κ3) is 5.41. The molecule has 6 rings (SSSR count). The average molecular weight is 632 g/mol. The fraction of sp³-hybridized carbons (Fsp3) is 0.500. The summed E-state index contributed by atoms with van der Waals surface area (Å²) in [5.74, 6) is -1.46. The molecular formula is C30H33F4N7O4. The number of carbonyl (C=O) groups excluding carboxylic acids is 2. The molecule has 2 aromatic heterocycles. The van der Waals surface area contributed by atoms with Crippen LogP contribution in [0.3, 0.4) is 0 Å². The zero-order valence-corrected chi connectivity index (χ0v) is 25.4. The Hall–Kier alpha value is -4.43. The molecule has 11 nitrogen and oxygen atoms in total. The quantitative estimate of drug-likeness (QED) is 0.430. The summed E-state index contributed by atoms with van der Waals surface area (Å²) in [6.07, 6.45) is -2.58. The lowest BCUT2D eigenvalue weighted by Gasteiger charge is -2.60. The Kier molecular flexibility index (Phi) is 7.20. The Labute approximate surface area is 255 Å². The van der Waals surface area contributed by atoms with E-state index in [9.17, 15) is 31.9 Å². The first kappa shape index (κ1) is 30.6. The minimum atomic E-state index is -4.74. The van der Waals surface area contributed by atoms with Crippen molar-refractivity contribution >= 4 is 40.4 Å². The van der Waals surface area contributed by atoms with E-state index in [2.05, 4.69) is 15.3 Å². The summed E-state index contributed by atoms with van der Waals surface area (Å²) in [5, 5.41) is 2.36. The maximum absolute atomic E-state index is 14.6. The topological polar surface area (TPSA) is 113 Å². The molecule has 1 saturated carbocycles. The molecule has 240 valence electrons. The monoisotopic (exact) mass is 631 g/mol. The normalized spacial score (nSPS) is 20.7. The molecule has 0 spiro atoms. The first-order valence-corrected chi connectivity index (χ1v) is 14.6. The second-order valence-electron chi connectivity index (χ2n) is 12.9. The van der Waals surface area contributed by atoms with Crippen LogP contribution in [0.4, 0.5) is 39.5 Å². The van der Waals surface area contributed by atoms with Gasteiger partial charge in [-0.05, 0) is 57.7 Å². The first-order chi connectivity index (χ1) is 21.0. The fourth-order valence-electron chi connectivity index (χ4n) is 6.51. The van der Waals surface area contributed by atoms with E-state index in [0.717, 1.165) is 6.07 Å². The molecule has 2 amide bonds. The van der Waals surface area contributed by atoms with Crippen molar-refractivity contribution in [2.24, 2.45) is 5.92 Å². The van der Waals surface area contributed by atoms with Crippen molar-refractivity contribution in [2.45, 2.75) is 64.0 Å². The first-order valence-electron chi connectivity index (χ1n) is 14.6. The third-order valence-electron chi connectivity index (χ3n) is 8.49. The number of halogens is 4. The molecule has 15 heteroatoms. The number of nitrogens with one attached hydrogen (secondary N) is 1. The van der Waals surface area contributed by atoms with E-state index >= 15 is 0 Å². The molecule has 3 aromatic rings. The molecule has 1 aliphatic carbocycles. The molecule has 2 aliphatic heterocycles. The molecule has 1 aromatic carbocycles. The molecule has 45 heavy (non-hydrogen) atoms. The predicted molar refractivity (Wildman–Crippen MR) is 158 cm³/mol. The van der Waals surface area contributed by atoms with Crippen LogP contribution < -0.4 is 20.5 Å². The van der Waals surface area contributed by atoms with Crippen molar-refractivity contribution in [3.8, 4) is 0 Å². The van der Waals surface area contributed by atoms with Gasteiger partial charge in [0, 0.05) is 32.9 Å². The van der Waals surface area contributed by atoms with Crippen LogP contribution in [0, 0.1) is 11.7 Å². The van der Waals surface area contributed by atoms with Crippen molar-refractivity contribution < 1.29 is 31.9 Å². The fourth-order valence-corrected chi connectivity index (χ4v) is 6.51. The molecule has 0 radical (unpaired) electrons. The van der Waals surface area contributed by atoms with E-state index in [1.165, 1.54) is 6.20 Å². The summed E-state index contributed by atoms with van der Waals surface area (Å²) in [5.41, 5.74) is -1.46. The number of alkyl halides is 3. The number of nitrogens with zero attached hydrogens (tertiary/aromatic N) is 6. The molecule has 0 bridgehead atoms. The van der Waals surface area contributed by atoms with Crippen molar-refractivity contribution in [3.05, 3.63) is 51.7 Å². The van der Waals surface area contributed by atoms with E-state index in [4.69, 9.17) is 4.74 Å². The van der Waals surface area contributed by atoms with Gasteiger partial charge < -0.3 is 29.3 Å². The van der Waals surface area contributed by atoms with Crippen molar-refractivity contribution in [2.75, 3.05) is 42.3 Å². The van der Waals surface area contributed by atoms with Gasteiger partial charge in [-0.25, -0.2) is 19.2 Å². The lowest BCUT2D eigenvalue weighted by Crippen LogP contribution is -2.72. The van der Waals surface area contributed by atoms with Gasteiger partial charge in [-0.15, -0.1) is 0 Å². The number of aromatic nitrogens is 3. The van der Waals surface area contributed by atoms with Crippen LogP contribution >= 0.6 is 0 Å². The minimum absolute atomic E-state index is 0.0392. The second kappa shape index (κ2) is 10.6. The van der Waals surface area contributed by atoms with Crippen molar-refractivity contribution in [3.63, 3.8) is 0 Å². The Morgan fingerprint density at radius 3 is 2.53 bits per heavy atom. The standard InChI is InChI=1S/C30H33F4N7O4/c1-29(2,3)45-28(44)39-8-9-40-24-15(10-19(24)39)11-20-25(40)26(43)23-27(35-13-21(37-23)38(4)5)41(20)14-22(42)36-18-7-6-16(12-17(18)31)30(32,33)34/h6-7,12-13,15,19,24H,8-11,14H2,1-5H3,(H,36,42)/t15?,19-,24-/m0/s1. The average Bonchev–Trinajstić information content (AvgIpc) is 2.92. The molecule has 1 saturated heterocycles. The van der Waals surface area contributed by atoms with Crippen molar-refractivity contribution in [1.82, 2.24) is 19.4 Å². The molecule has 1 N–H and O–H groups in total. The Morgan fingerprint density at radius 2 is 1.89 bits per heavy atom. The maximum Gasteiger partial charge on any atom is 0.416 e. The number of anilines is 3. The van der Waals surface area contributed by atoms with E-state index in [1.54, 1.807) is 49.2 Å². The number of piperazine rings is 1. The molecule has 3 atom stereocenters. The zero-order valence-electron chi connectivity index (χ0n) is 25.4. The van der Waals surface area contributed by atoms with E-state index in [-0.39, 0.29) is 34.6 Å². The summed E-state index contributed by atoms with van der Waals surface area (Å²) in [7, 11) is 3.50. The Balaban J connectivity index is 1.38. The van der Waals surface area contributed by atoms with Gasteiger partial charge in [0.1, 0.15) is 29.5 Å². The number of pyridine rings is 1. The van der Waals surface area contributed by atoms with Gasteiger partial charge in [-0.3, -0.25) is 9.59 Å². The Morgan fingerprint density at radius 1 is 1.16 bits per heavy atom. The van der Waals surface area contributed by atoms with Gasteiger partial charge in [0.2, 0.25) is 11.3 Å². The molecular weight excluding hydrogens is 598 g/mol. The number of fused-ring (bicyclic) bond motifs is 3. The number of carbonyl (C=O) groups is 2. The van der Waals surface area contributed by atoms with E-state index < -0.39 is 47.4 Å². The van der Waals surface area contributed by atoms with Gasteiger partial charge >= 0.3 is 12.3 Å². The smallest absolute Gasteiger partial charge is 0.416 e. The Bertz CT molecular complexity index is 1770. The van der Waals surface area contributed by atoms with Crippen LogP contribution in [0.1, 0.15) is 38.4 Å².